The number of amides is 1. The van der Waals surface area contributed by atoms with Crippen LogP contribution in [0.15, 0.2) is 32.4 Å². The molecule has 1 aliphatic heterocycles. The number of anilines is 1. The Morgan fingerprint density at radius 2 is 2.28 bits per heavy atom. The van der Waals surface area contributed by atoms with Gasteiger partial charge in [-0.1, -0.05) is 27.6 Å². The van der Waals surface area contributed by atoms with Crippen LogP contribution in [0.4, 0.5) is 5.82 Å². The molecule has 12 nitrogen and oxygen atoms in total. The number of rotatable bonds is 6. The maximum absolute atomic E-state index is 12.9. The third kappa shape index (κ3) is 4.62. The van der Waals surface area contributed by atoms with E-state index in [0.717, 1.165) is 23.9 Å². The number of piperidine rings is 1. The minimum Gasteiger partial charge on any atom is -0.507 e. The maximum Gasteiger partial charge on any atom is 0.293 e. The van der Waals surface area contributed by atoms with Gasteiger partial charge in [-0.15, -0.1) is 5.10 Å². The van der Waals surface area contributed by atoms with E-state index in [1.807, 2.05) is 0 Å². The molecule has 4 rings (SSSR count). The number of hydrogen-bond acceptors (Lipinski definition) is 10. The van der Waals surface area contributed by atoms with Crippen molar-refractivity contribution in [1.29, 1.82) is 0 Å². The SMILES string of the molecule is CC1CCCCN1Cc1c(C(=O)N/N=C/c2cc(Br)ccc2O)nnn1-c1nonc1N. The van der Waals surface area contributed by atoms with Crippen LogP contribution >= 0.6 is 15.9 Å². The number of nitrogens with one attached hydrogen (secondary N) is 1. The molecule has 3 aromatic rings. The molecule has 1 fully saturated rings. The lowest BCUT2D eigenvalue weighted by Gasteiger charge is -2.33. The van der Waals surface area contributed by atoms with Crippen LogP contribution in [-0.4, -0.2) is 60.0 Å². The lowest BCUT2D eigenvalue weighted by atomic mass is 10.0. The van der Waals surface area contributed by atoms with Crippen molar-refractivity contribution in [2.24, 2.45) is 5.10 Å². The maximum atomic E-state index is 12.9. The second-order valence-corrected chi connectivity index (χ2v) is 8.40. The van der Waals surface area contributed by atoms with Crippen molar-refractivity contribution >= 4 is 33.9 Å². The third-order valence-electron chi connectivity index (χ3n) is 5.33. The summed E-state index contributed by atoms with van der Waals surface area (Å²) in [6.07, 6.45) is 4.65. The molecule has 1 unspecified atom stereocenters. The molecule has 0 spiro atoms. The van der Waals surface area contributed by atoms with Gasteiger partial charge in [-0.3, -0.25) is 9.69 Å². The van der Waals surface area contributed by atoms with E-state index in [-0.39, 0.29) is 23.1 Å². The number of carbonyl (C=O) groups excluding carboxylic acids is 1. The van der Waals surface area contributed by atoms with Crippen LogP contribution in [0.25, 0.3) is 5.82 Å². The molecule has 1 atom stereocenters. The molecular weight excluding hydrogens is 482 g/mol. The van der Waals surface area contributed by atoms with Gasteiger partial charge >= 0.3 is 0 Å². The molecule has 32 heavy (non-hydrogen) atoms. The van der Waals surface area contributed by atoms with Crippen molar-refractivity contribution in [3.05, 3.63) is 39.6 Å². The molecule has 168 valence electrons. The van der Waals surface area contributed by atoms with Crippen LogP contribution in [0.3, 0.4) is 0 Å². The molecule has 0 saturated carbocycles. The average Bonchev–Trinajstić information content (AvgIpc) is 3.38. The normalized spacial score (nSPS) is 17.1. The molecule has 1 aromatic carbocycles. The molecule has 4 N–H and O–H groups in total. The standard InChI is InChI=1S/C19H22BrN9O3/c1-11-4-2-3-7-28(11)10-14-16(23-27-29(14)18-17(21)25-32-26-18)19(31)24-22-9-12-8-13(20)5-6-15(12)30/h5-6,8-9,11,30H,2-4,7,10H2,1H3,(H2,21,25)(H,24,31)/b22-9+. The number of nitrogens with zero attached hydrogens (tertiary/aromatic N) is 7. The molecular formula is C19H22BrN9O3. The summed E-state index contributed by atoms with van der Waals surface area (Å²) in [4.78, 5) is 15.1. The Balaban J connectivity index is 1.60. The van der Waals surface area contributed by atoms with Gasteiger partial charge in [0.1, 0.15) is 5.75 Å². The summed E-state index contributed by atoms with van der Waals surface area (Å²) in [5.41, 5.74) is 9.29. The number of aromatic nitrogens is 5. The van der Waals surface area contributed by atoms with Gasteiger partial charge in [0.15, 0.2) is 5.69 Å². The van der Waals surface area contributed by atoms with Crippen LogP contribution in [0.5, 0.6) is 5.75 Å². The summed E-state index contributed by atoms with van der Waals surface area (Å²) in [5, 5.41) is 29.3. The number of carbonyl (C=O) groups is 1. The summed E-state index contributed by atoms with van der Waals surface area (Å²) in [6, 6.07) is 5.23. The van der Waals surface area contributed by atoms with Crippen LogP contribution in [-0.2, 0) is 6.54 Å². The highest BCUT2D eigenvalue weighted by molar-refractivity contribution is 9.10. The van der Waals surface area contributed by atoms with Crippen molar-refractivity contribution < 1.29 is 14.5 Å². The predicted molar refractivity (Wildman–Crippen MR) is 118 cm³/mol. The molecule has 1 amide bonds. The largest absolute Gasteiger partial charge is 0.507 e. The summed E-state index contributed by atoms with van der Waals surface area (Å²) in [6.45, 7) is 3.45. The fourth-order valence-electron chi connectivity index (χ4n) is 3.55. The molecule has 3 heterocycles. The Hall–Kier alpha value is -3.32. The fraction of sp³-hybridized carbons (Fsp3) is 0.368. The highest BCUT2D eigenvalue weighted by atomic mass is 79.9. The number of hydrogen-bond donors (Lipinski definition) is 3. The number of aromatic hydroxyl groups is 1. The van der Waals surface area contributed by atoms with Crippen molar-refractivity contribution in [2.45, 2.75) is 38.8 Å². The number of nitrogen functional groups attached to an aromatic ring is 1. The van der Waals surface area contributed by atoms with Crippen molar-refractivity contribution in [3.63, 3.8) is 0 Å². The van der Waals surface area contributed by atoms with E-state index in [9.17, 15) is 9.90 Å². The smallest absolute Gasteiger partial charge is 0.293 e. The number of phenols is 1. The lowest BCUT2D eigenvalue weighted by Crippen LogP contribution is -2.38. The zero-order chi connectivity index (χ0) is 22.7. The van der Waals surface area contributed by atoms with Crippen LogP contribution < -0.4 is 11.2 Å². The van der Waals surface area contributed by atoms with Crippen LogP contribution in [0.1, 0.15) is 47.9 Å². The number of likely N-dealkylation sites (tertiary alicyclic amines) is 1. The van der Waals surface area contributed by atoms with E-state index in [1.54, 1.807) is 12.1 Å². The average molecular weight is 504 g/mol. The summed E-state index contributed by atoms with van der Waals surface area (Å²) in [5.74, 6) is -0.320. The van der Waals surface area contributed by atoms with Gasteiger partial charge in [0, 0.05) is 22.6 Å². The molecule has 0 bridgehead atoms. The van der Waals surface area contributed by atoms with Gasteiger partial charge in [-0.05, 0) is 54.8 Å². The van der Waals surface area contributed by atoms with Crippen molar-refractivity contribution in [2.75, 3.05) is 12.3 Å². The van der Waals surface area contributed by atoms with Gasteiger partial charge in [0.25, 0.3) is 5.91 Å². The molecule has 1 saturated heterocycles. The van der Waals surface area contributed by atoms with E-state index in [2.05, 4.69) is 58.9 Å². The third-order valence-corrected chi connectivity index (χ3v) is 5.82. The first kappa shape index (κ1) is 21.9. The number of halogens is 1. The molecule has 13 heteroatoms. The molecule has 2 aromatic heterocycles. The topological polar surface area (TPSA) is 161 Å². The van der Waals surface area contributed by atoms with Crippen LogP contribution in [0, 0.1) is 0 Å². The first-order valence-corrected chi connectivity index (χ1v) is 10.8. The Morgan fingerprint density at radius 1 is 1.44 bits per heavy atom. The Morgan fingerprint density at radius 3 is 3.03 bits per heavy atom. The van der Waals surface area contributed by atoms with E-state index in [1.165, 1.54) is 23.4 Å². The summed E-state index contributed by atoms with van der Waals surface area (Å²) in [7, 11) is 0. The number of nitrogens with two attached hydrogens (primary N) is 1. The van der Waals surface area contributed by atoms with E-state index >= 15 is 0 Å². The Kier molecular flexibility index (Phi) is 6.46. The van der Waals surface area contributed by atoms with E-state index < -0.39 is 5.91 Å². The van der Waals surface area contributed by atoms with Crippen molar-refractivity contribution in [1.82, 2.24) is 35.6 Å². The highest BCUT2D eigenvalue weighted by Gasteiger charge is 2.28. The summed E-state index contributed by atoms with van der Waals surface area (Å²) >= 11 is 3.33. The zero-order valence-electron chi connectivity index (χ0n) is 17.3. The Labute approximate surface area is 191 Å². The highest BCUT2D eigenvalue weighted by Crippen LogP contribution is 2.23. The van der Waals surface area contributed by atoms with Gasteiger partial charge in [0.05, 0.1) is 11.9 Å². The predicted octanol–water partition coefficient (Wildman–Crippen LogP) is 1.84. The van der Waals surface area contributed by atoms with Gasteiger partial charge < -0.3 is 10.8 Å². The second-order valence-electron chi connectivity index (χ2n) is 7.49. The lowest BCUT2D eigenvalue weighted by molar-refractivity contribution is 0.0945. The van der Waals surface area contributed by atoms with Crippen molar-refractivity contribution in [3.8, 4) is 11.6 Å². The monoisotopic (exact) mass is 503 g/mol. The van der Waals surface area contributed by atoms with Gasteiger partial charge in [-0.2, -0.15) is 9.78 Å². The Bertz CT molecular complexity index is 1140. The van der Waals surface area contributed by atoms with E-state index in [0.29, 0.717) is 23.8 Å². The molecule has 0 radical (unpaired) electrons. The van der Waals surface area contributed by atoms with E-state index in [4.69, 9.17) is 10.4 Å². The second kappa shape index (κ2) is 9.44. The number of hydrazone groups is 1. The number of phenolic OH excluding ortho intramolecular Hbond substituents is 1. The van der Waals surface area contributed by atoms with Crippen LogP contribution in [0.2, 0.25) is 0 Å². The van der Waals surface area contributed by atoms with Gasteiger partial charge in [0.2, 0.25) is 11.6 Å². The van der Waals surface area contributed by atoms with Gasteiger partial charge in [-0.25, -0.2) is 10.1 Å². The summed E-state index contributed by atoms with van der Waals surface area (Å²) < 4.78 is 6.82. The fourth-order valence-corrected chi connectivity index (χ4v) is 3.93. The quantitative estimate of drug-likeness (QED) is 0.336. The molecule has 1 aliphatic rings. The minimum absolute atomic E-state index is 0.0333. The minimum atomic E-state index is -0.559. The first-order valence-electron chi connectivity index (χ1n) is 10.0. The first-order chi connectivity index (χ1) is 15.4. The number of benzene rings is 1. The molecule has 0 aliphatic carbocycles. The zero-order valence-corrected chi connectivity index (χ0v) is 18.9.